The highest BCUT2D eigenvalue weighted by Gasteiger charge is 2.04. The van der Waals surface area contributed by atoms with Gasteiger partial charge in [0.15, 0.2) is 0 Å². The summed E-state index contributed by atoms with van der Waals surface area (Å²) in [6.45, 7) is 0. The largest absolute Gasteiger partial charge is 0.478 e. The second-order valence-corrected chi connectivity index (χ2v) is 2.50. The van der Waals surface area contributed by atoms with E-state index in [2.05, 4.69) is 4.98 Å². The number of aromatic nitrogens is 1. The van der Waals surface area contributed by atoms with Crippen LogP contribution in [-0.4, -0.2) is 22.0 Å². The van der Waals surface area contributed by atoms with Crippen molar-refractivity contribution in [3.05, 3.63) is 35.7 Å². The van der Waals surface area contributed by atoms with Gasteiger partial charge in [-0.05, 0) is 12.1 Å². The minimum absolute atomic E-state index is 0.248. The van der Waals surface area contributed by atoms with Crippen molar-refractivity contribution in [2.24, 2.45) is 5.73 Å². The summed E-state index contributed by atoms with van der Waals surface area (Å²) in [6, 6.07) is 1.43. The van der Waals surface area contributed by atoms with Crippen LogP contribution in [-0.2, 0) is 4.79 Å². The Balaban J connectivity index is 3.07. The summed E-state index contributed by atoms with van der Waals surface area (Å²) in [5, 5.41) is 8.38. The van der Waals surface area contributed by atoms with E-state index in [0.29, 0.717) is 5.56 Å². The summed E-state index contributed by atoms with van der Waals surface area (Å²) in [5.41, 5.74) is 5.71. The number of pyridine rings is 1. The number of nitrogens with two attached hydrogens (primary N) is 1. The van der Waals surface area contributed by atoms with Crippen LogP contribution in [0, 0.1) is 0 Å². The lowest BCUT2D eigenvalue weighted by Gasteiger charge is -1.98. The normalized spacial score (nSPS) is 10.3. The van der Waals surface area contributed by atoms with E-state index in [-0.39, 0.29) is 5.56 Å². The molecule has 0 saturated heterocycles. The molecule has 1 heterocycles. The highest BCUT2D eigenvalue weighted by Crippen LogP contribution is 2.07. The molecule has 72 valence electrons. The zero-order chi connectivity index (χ0) is 10.6. The van der Waals surface area contributed by atoms with E-state index in [0.717, 1.165) is 6.08 Å². The van der Waals surface area contributed by atoms with Crippen LogP contribution in [0.1, 0.15) is 15.9 Å². The van der Waals surface area contributed by atoms with Gasteiger partial charge in [0.05, 0.1) is 0 Å². The fourth-order valence-corrected chi connectivity index (χ4v) is 0.925. The molecule has 1 aromatic heterocycles. The number of hydrogen-bond donors (Lipinski definition) is 2. The third-order valence-corrected chi connectivity index (χ3v) is 1.52. The van der Waals surface area contributed by atoms with Gasteiger partial charge in [-0.15, -0.1) is 0 Å². The van der Waals surface area contributed by atoms with Gasteiger partial charge in [0.2, 0.25) is 5.91 Å². The van der Waals surface area contributed by atoms with Gasteiger partial charge in [0, 0.05) is 29.6 Å². The van der Waals surface area contributed by atoms with Crippen LogP contribution in [0.3, 0.4) is 0 Å². The molecule has 1 amide bonds. The summed E-state index contributed by atoms with van der Waals surface area (Å²) >= 11 is 0. The maximum Gasteiger partial charge on any atom is 0.328 e. The minimum Gasteiger partial charge on any atom is -0.478 e. The van der Waals surface area contributed by atoms with Crippen molar-refractivity contribution < 1.29 is 14.7 Å². The lowest BCUT2D eigenvalue weighted by molar-refractivity contribution is -0.131. The molecule has 1 rings (SSSR count). The Hall–Kier alpha value is -2.17. The van der Waals surface area contributed by atoms with Crippen molar-refractivity contribution in [2.75, 3.05) is 0 Å². The average Bonchev–Trinajstić information content (AvgIpc) is 2.15. The number of nitrogens with zero attached hydrogens (tertiary/aromatic N) is 1. The van der Waals surface area contributed by atoms with Crippen LogP contribution in [0.2, 0.25) is 0 Å². The number of amides is 1. The van der Waals surface area contributed by atoms with Crippen molar-refractivity contribution in [1.82, 2.24) is 4.98 Å². The lowest BCUT2D eigenvalue weighted by atomic mass is 10.1. The van der Waals surface area contributed by atoms with E-state index >= 15 is 0 Å². The third kappa shape index (κ3) is 2.41. The first-order valence-electron chi connectivity index (χ1n) is 3.76. The molecule has 1 aromatic rings. The molecule has 0 radical (unpaired) electrons. The smallest absolute Gasteiger partial charge is 0.328 e. The molecule has 0 aliphatic rings. The quantitative estimate of drug-likeness (QED) is 0.672. The van der Waals surface area contributed by atoms with Crippen LogP contribution in [0.15, 0.2) is 24.5 Å². The fraction of sp³-hybridized carbons (Fsp3) is 0. The highest BCUT2D eigenvalue weighted by molar-refractivity contribution is 5.97. The number of primary amides is 1. The van der Waals surface area contributed by atoms with Gasteiger partial charge in [-0.2, -0.15) is 0 Å². The molecular formula is C9H8N2O3. The van der Waals surface area contributed by atoms with Gasteiger partial charge < -0.3 is 10.8 Å². The highest BCUT2D eigenvalue weighted by atomic mass is 16.4. The number of rotatable bonds is 3. The summed E-state index contributed by atoms with van der Waals surface area (Å²) < 4.78 is 0. The number of carboxylic acid groups (broad SMARTS) is 1. The first kappa shape index (κ1) is 9.91. The molecule has 0 unspecified atom stereocenters. The molecule has 0 aliphatic carbocycles. The van der Waals surface area contributed by atoms with Gasteiger partial charge in [0.1, 0.15) is 0 Å². The number of aliphatic carboxylic acids is 1. The Labute approximate surface area is 79.9 Å². The summed E-state index contributed by atoms with van der Waals surface area (Å²) in [5.74, 6) is -1.71. The SMILES string of the molecule is NC(=O)c1ccncc1C=CC(=O)O. The first-order chi connectivity index (χ1) is 6.61. The molecule has 5 heteroatoms. The van der Waals surface area contributed by atoms with Gasteiger partial charge in [-0.1, -0.05) is 0 Å². The van der Waals surface area contributed by atoms with Gasteiger partial charge in [0.25, 0.3) is 0 Å². The second kappa shape index (κ2) is 4.18. The van der Waals surface area contributed by atoms with Crippen molar-refractivity contribution >= 4 is 18.0 Å². The van der Waals surface area contributed by atoms with Crippen LogP contribution < -0.4 is 5.73 Å². The average molecular weight is 192 g/mol. The van der Waals surface area contributed by atoms with Crippen molar-refractivity contribution in [2.45, 2.75) is 0 Å². The molecule has 5 nitrogen and oxygen atoms in total. The van der Waals surface area contributed by atoms with E-state index < -0.39 is 11.9 Å². The van der Waals surface area contributed by atoms with E-state index in [4.69, 9.17) is 10.8 Å². The molecule has 0 atom stereocenters. The van der Waals surface area contributed by atoms with Gasteiger partial charge >= 0.3 is 5.97 Å². The van der Waals surface area contributed by atoms with E-state index in [1.165, 1.54) is 24.5 Å². The molecule has 0 fully saturated rings. The summed E-state index contributed by atoms with van der Waals surface area (Å²) in [4.78, 5) is 24.9. The standard InChI is InChI=1S/C9H8N2O3/c10-9(14)7-3-4-11-5-6(7)1-2-8(12)13/h1-5H,(H2,10,14)(H,12,13). The van der Waals surface area contributed by atoms with Crippen LogP contribution in [0.25, 0.3) is 6.08 Å². The fourth-order valence-electron chi connectivity index (χ4n) is 0.925. The molecule has 0 aliphatic heterocycles. The Morgan fingerprint density at radius 2 is 2.21 bits per heavy atom. The molecular weight excluding hydrogens is 184 g/mol. The predicted molar refractivity (Wildman–Crippen MR) is 49.4 cm³/mol. The lowest BCUT2D eigenvalue weighted by Crippen LogP contribution is -2.12. The number of carboxylic acids is 1. The van der Waals surface area contributed by atoms with Crippen LogP contribution in [0.4, 0.5) is 0 Å². The van der Waals surface area contributed by atoms with E-state index in [9.17, 15) is 9.59 Å². The van der Waals surface area contributed by atoms with Crippen molar-refractivity contribution in [1.29, 1.82) is 0 Å². The molecule has 14 heavy (non-hydrogen) atoms. The van der Waals surface area contributed by atoms with Gasteiger partial charge in [-0.3, -0.25) is 9.78 Å². The molecule has 0 bridgehead atoms. The molecule has 3 N–H and O–H groups in total. The monoisotopic (exact) mass is 192 g/mol. The van der Waals surface area contributed by atoms with E-state index in [1.54, 1.807) is 0 Å². The van der Waals surface area contributed by atoms with Crippen molar-refractivity contribution in [3.8, 4) is 0 Å². The Morgan fingerprint density at radius 3 is 2.79 bits per heavy atom. The van der Waals surface area contributed by atoms with Gasteiger partial charge in [-0.25, -0.2) is 4.79 Å². The van der Waals surface area contributed by atoms with Crippen molar-refractivity contribution in [3.63, 3.8) is 0 Å². The Bertz CT molecular complexity index is 399. The zero-order valence-corrected chi connectivity index (χ0v) is 7.18. The van der Waals surface area contributed by atoms with E-state index in [1.807, 2.05) is 0 Å². The maximum absolute atomic E-state index is 10.9. The summed E-state index contributed by atoms with van der Waals surface area (Å²) in [7, 11) is 0. The Morgan fingerprint density at radius 1 is 1.50 bits per heavy atom. The number of hydrogen-bond acceptors (Lipinski definition) is 3. The number of carbonyl (C=O) groups excluding carboxylic acids is 1. The first-order valence-corrected chi connectivity index (χ1v) is 3.76. The topological polar surface area (TPSA) is 93.3 Å². The summed E-state index contributed by atoms with van der Waals surface area (Å²) in [6.07, 6.45) is 4.98. The number of carbonyl (C=O) groups is 2. The zero-order valence-electron chi connectivity index (χ0n) is 7.18. The molecule has 0 saturated carbocycles. The predicted octanol–water partition coefficient (Wildman–Crippen LogP) is 0.278. The van der Waals surface area contributed by atoms with Crippen LogP contribution >= 0.6 is 0 Å². The third-order valence-electron chi connectivity index (χ3n) is 1.52. The van der Waals surface area contributed by atoms with Crippen LogP contribution in [0.5, 0.6) is 0 Å². The molecule has 0 aromatic carbocycles. The Kier molecular flexibility index (Phi) is 2.96. The second-order valence-electron chi connectivity index (χ2n) is 2.50. The molecule has 0 spiro atoms. The maximum atomic E-state index is 10.9. The minimum atomic E-state index is -1.09.